The highest BCUT2D eigenvalue weighted by molar-refractivity contribution is 6.09. The van der Waals surface area contributed by atoms with Gasteiger partial charge in [0.1, 0.15) is 5.82 Å². The number of carbonyl (C=O) groups excluding carboxylic acids is 3. The molecular weight excluding hydrogens is 370 g/mol. The van der Waals surface area contributed by atoms with E-state index in [0.29, 0.717) is 24.2 Å². The highest BCUT2D eigenvalue weighted by atomic mass is 16.2. The molecule has 0 atom stereocenters. The van der Waals surface area contributed by atoms with Gasteiger partial charge in [-0.15, -0.1) is 0 Å². The van der Waals surface area contributed by atoms with E-state index in [9.17, 15) is 14.4 Å². The summed E-state index contributed by atoms with van der Waals surface area (Å²) >= 11 is 0. The minimum atomic E-state index is -0.508. The normalized spacial score (nSPS) is 14.1. The lowest BCUT2D eigenvalue weighted by Crippen LogP contribution is -2.50. The van der Waals surface area contributed by atoms with Gasteiger partial charge in [-0.05, 0) is 30.7 Å². The summed E-state index contributed by atoms with van der Waals surface area (Å²) in [5.41, 5.74) is 2.82. The van der Waals surface area contributed by atoms with E-state index in [0.717, 1.165) is 23.3 Å². The molecule has 0 unspecified atom stereocenters. The Balaban J connectivity index is 1.36. The topological polar surface area (TPSA) is 107 Å². The zero-order valence-electron chi connectivity index (χ0n) is 15.8. The van der Waals surface area contributed by atoms with Gasteiger partial charge < -0.3 is 10.3 Å². The molecule has 0 radical (unpaired) electrons. The monoisotopic (exact) mass is 391 g/mol. The van der Waals surface area contributed by atoms with E-state index < -0.39 is 6.03 Å². The second kappa shape index (κ2) is 8.14. The van der Waals surface area contributed by atoms with E-state index in [2.05, 4.69) is 20.6 Å². The van der Waals surface area contributed by atoms with Gasteiger partial charge in [0.25, 0.3) is 5.91 Å². The fourth-order valence-electron chi connectivity index (χ4n) is 3.37. The number of hydrogen-bond donors (Lipinski definition) is 3. The van der Waals surface area contributed by atoms with E-state index in [4.69, 9.17) is 0 Å². The van der Waals surface area contributed by atoms with Crippen LogP contribution in [-0.2, 0) is 11.2 Å². The van der Waals surface area contributed by atoms with E-state index in [1.807, 2.05) is 24.3 Å². The number of hydrogen-bond acceptors (Lipinski definition) is 4. The number of para-hydroxylation sites is 3. The lowest BCUT2D eigenvalue weighted by molar-refractivity contribution is -0.120. The average Bonchev–Trinajstić information content (AvgIpc) is 3.14. The summed E-state index contributed by atoms with van der Waals surface area (Å²) < 4.78 is 0. The number of fused-ring (bicyclic) bond motifs is 1. The third-order valence-electron chi connectivity index (χ3n) is 4.81. The Hall–Kier alpha value is -3.68. The Labute approximate surface area is 167 Å². The number of anilines is 1. The number of imide groups is 1. The van der Waals surface area contributed by atoms with Gasteiger partial charge in [0.2, 0.25) is 5.91 Å². The summed E-state index contributed by atoms with van der Waals surface area (Å²) in [7, 11) is 0. The molecule has 4 amide bonds. The van der Waals surface area contributed by atoms with Crippen molar-refractivity contribution in [3.63, 3.8) is 0 Å². The van der Waals surface area contributed by atoms with Crippen molar-refractivity contribution in [3.8, 4) is 0 Å². The smallest absolute Gasteiger partial charge is 0.328 e. The predicted molar refractivity (Wildman–Crippen MR) is 109 cm³/mol. The number of aromatic amines is 1. The quantitative estimate of drug-likeness (QED) is 0.561. The van der Waals surface area contributed by atoms with Crippen LogP contribution in [0.3, 0.4) is 0 Å². The molecule has 148 valence electrons. The van der Waals surface area contributed by atoms with Crippen LogP contribution in [0.2, 0.25) is 0 Å². The van der Waals surface area contributed by atoms with E-state index >= 15 is 0 Å². The molecule has 2 aromatic carbocycles. The first kappa shape index (κ1) is 18.7. The molecule has 8 nitrogen and oxygen atoms in total. The van der Waals surface area contributed by atoms with Gasteiger partial charge in [0.15, 0.2) is 0 Å². The Morgan fingerprint density at radius 2 is 1.90 bits per heavy atom. The Morgan fingerprint density at radius 1 is 1.10 bits per heavy atom. The molecule has 0 saturated carbocycles. The summed E-state index contributed by atoms with van der Waals surface area (Å²) in [6.45, 7) is 0.732. The van der Waals surface area contributed by atoms with Gasteiger partial charge in [-0.1, -0.05) is 24.3 Å². The van der Waals surface area contributed by atoms with Crippen LogP contribution in [0.25, 0.3) is 11.0 Å². The van der Waals surface area contributed by atoms with E-state index in [-0.39, 0.29) is 24.8 Å². The number of aryl methyl sites for hydroxylation is 1. The minimum Gasteiger partial charge on any atom is -0.352 e. The molecular formula is C21H21N5O3. The fraction of sp³-hybridized carbons (Fsp3) is 0.238. The number of carbonyl (C=O) groups is 3. The standard InChI is InChI=1S/C21H21N5O3/c27-19-11-13-26(21(29)25-19)17-9-4-1-6-14(17)20(28)22-12-5-10-18-23-15-7-2-3-8-16(15)24-18/h1-4,6-9H,5,10-13H2,(H,22,28)(H,23,24)(H,25,27,29). The van der Waals surface area contributed by atoms with Gasteiger partial charge in [0, 0.05) is 25.9 Å². The third kappa shape index (κ3) is 4.11. The molecule has 1 aliphatic rings. The summed E-state index contributed by atoms with van der Waals surface area (Å²) in [6, 6.07) is 14.2. The van der Waals surface area contributed by atoms with E-state index in [1.54, 1.807) is 24.3 Å². The van der Waals surface area contributed by atoms with Crippen molar-refractivity contribution in [1.82, 2.24) is 20.6 Å². The van der Waals surface area contributed by atoms with E-state index in [1.165, 1.54) is 4.90 Å². The zero-order chi connectivity index (χ0) is 20.2. The number of imidazole rings is 1. The summed E-state index contributed by atoms with van der Waals surface area (Å²) in [5.74, 6) is 0.323. The van der Waals surface area contributed by atoms with Crippen LogP contribution in [0.1, 0.15) is 29.0 Å². The van der Waals surface area contributed by atoms with Crippen molar-refractivity contribution in [2.24, 2.45) is 0 Å². The Kier molecular flexibility index (Phi) is 5.24. The molecule has 1 aliphatic heterocycles. The van der Waals surface area contributed by atoms with Gasteiger partial charge in [-0.2, -0.15) is 0 Å². The lowest BCUT2D eigenvalue weighted by atomic mass is 10.1. The van der Waals surface area contributed by atoms with Crippen molar-refractivity contribution in [3.05, 3.63) is 59.9 Å². The van der Waals surface area contributed by atoms with Gasteiger partial charge >= 0.3 is 6.03 Å². The van der Waals surface area contributed by atoms with Crippen LogP contribution < -0.4 is 15.5 Å². The molecule has 0 spiro atoms. The number of nitrogens with one attached hydrogen (secondary N) is 3. The predicted octanol–water partition coefficient (Wildman–Crippen LogP) is 2.37. The third-order valence-corrected chi connectivity index (χ3v) is 4.81. The Morgan fingerprint density at radius 3 is 2.72 bits per heavy atom. The Bertz CT molecular complexity index is 1040. The first-order chi connectivity index (χ1) is 14.1. The fourth-order valence-corrected chi connectivity index (χ4v) is 3.37. The maximum atomic E-state index is 12.7. The maximum absolute atomic E-state index is 12.7. The van der Waals surface area contributed by atoms with Crippen LogP contribution >= 0.6 is 0 Å². The summed E-state index contributed by atoms with van der Waals surface area (Å²) in [4.78, 5) is 45.4. The molecule has 3 aromatic rings. The molecule has 1 saturated heterocycles. The largest absolute Gasteiger partial charge is 0.352 e. The molecule has 2 heterocycles. The molecule has 0 aliphatic carbocycles. The lowest BCUT2D eigenvalue weighted by Gasteiger charge is -2.28. The van der Waals surface area contributed by atoms with Gasteiger partial charge in [0.05, 0.1) is 22.3 Å². The number of nitrogens with zero attached hydrogens (tertiary/aromatic N) is 2. The second-order valence-electron chi connectivity index (χ2n) is 6.83. The SMILES string of the molecule is O=C1CCN(c2ccccc2C(=O)NCCCc2nc3ccccc3[nH]2)C(=O)N1. The highest BCUT2D eigenvalue weighted by Gasteiger charge is 2.27. The minimum absolute atomic E-state index is 0.208. The van der Waals surface area contributed by atoms with Crippen molar-refractivity contribution in [1.29, 1.82) is 0 Å². The molecule has 0 bridgehead atoms. The number of urea groups is 1. The van der Waals surface area contributed by atoms with Crippen LogP contribution in [0.5, 0.6) is 0 Å². The number of amides is 4. The first-order valence-corrected chi connectivity index (χ1v) is 9.54. The van der Waals surface area contributed by atoms with Crippen LogP contribution in [0.15, 0.2) is 48.5 Å². The summed E-state index contributed by atoms with van der Waals surface area (Å²) in [6.07, 6.45) is 1.65. The first-order valence-electron chi connectivity index (χ1n) is 9.54. The van der Waals surface area contributed by atoms with Crippen molar-refractivity contribution < 1.29 is 14.4 Å². The molecule has 1 fully saturated rings. The van der Waals surface area contributed by atoms with Crippen LogP contribution in [0.4, 0.5) is 10.5 Å². The number of rotatable bonds is 6. The van der Waals surface area contributed by atoms with Gasteiger partial charge in [-0.3, -0.25) is 19.8 Å². The molecule has 8 heteroatoms. The van der Waals surface area contributed by atoms with Crippen LogP contribution in [-0.4, -0.2) is 40.9 Å². The number of benzene rings is 2. The van der Waals surface area contributed by atoms with Crippen molar-refractivity contribution in [2.75, 3.05) is 18.0 Å². The molecule has 4 rings (SSSR count). The van der Waals surface area contributed by atoms with Gasteiger partial charge in [-0.25, -0.2) is 9.78 Å². The van der Waals surface area contributed by atoms with Crippen LogP contribution in [0, 0.1) is 0 Å². The zero-order valence-corrected chi connectivity index (χ0v) is 15.8. The molecule has 3 N–H and O–H groups in total. The van der Waals surface area contributed by atoms with Crippen molar-refractivity contribution >= 4 is 34.6 Å². The summed E-state index contributed by atoms with van der Waals surface area (Å²) in [5, 5.41) is 5.18. The van der Waals surface area contributed by atoms with Crippen molar-refractivity contribution in [2.45, 2.75) is 19.3 Å². The molecule has 1 aromatic heterocycles. The highest BCUT2D eigenvalue weighted by Crippen LogP contribution is 2.22. The number of H-pyrrole nitrogens is 1. The average molecular weight is 391 g/mol. The molecule has 29 heavy (non-hydrogen) atoms. The number of aromatic nitrogens is 2. The second-order valence-corrected chi connectivity index (χ2v) is 6.83. The maximum Gasteiger partial charge on any atom is 0.328 e.